The molecule has 0 fully saturated rings. The van der Waals surface area contributed by atoms with Gasteiger partial charge in [-0.2, -0.15) is 0 Å². The number of carbonyl (C=O) groups is 1. The van der Waals surface area contributed by atoms with Gasteiger partial charge in [0, 0.05) is 19.8 Å². The molecule has 0 unspecified atom stereocenters. The molecule has 2 rings (SSSR count). The maximum absolute atomic E-state index is 11.1. The van der Waals surface area contributed by atoms with E-state index in [9.17, 15) is 14.4 Å². The summed E-state index contributed by atoms with van der Waals surface area (Å²) in [6.07, 6.45) is 0.502. The molecule has 0 saturated carbocycles. The summed E-state index contributed by atoms with van der Waals surface area (Å²) in [6.45, 7) is 5.36. The van der Waals surface area contributed by atoms with Crippen LogP contribution in [0.25, 0.3) is 0 Å². The number of esters is 1. The summed E-state index contributed by atoms with van der Waals surface area (Å²) in [4.78, 5) is 31.4. The molecule has 0 bridgehead atoms. The summed E-state index contributed by atoms with van der Waals surface area (Å²) in [5.74, 6) is -0.397. The van der Waals surface area contributed by atoms with Crippen LogP contribution in [0, 0.1) is 0 Å². The standard InChI is InChI=1S/C12H12O2Si.C10H20O5Si/c13-15(14,11-7-3-1-4-8-11)12-9-5-2-6-10-12;1-9(2)10(12)15-6-5-7-16(8-11,13-3)14-4/h1-10,13-14H;11H,1,5-8H2,2-4H3. The molecule has 9 heteroatoms. The van der Waals surface area contributed by atoms with Gasteiger partial charge in [0.2, 0.25) is 0 Å². The quantitative estimate of drug-likeness (QED) is 0.208. The van der Waals surface area contributed by atoms with Gasteiger partial charge in [-0.25, -0.2) is 4.79 Å². The third-order valence-corrected chi connectivity index (χ3v) is 9.98. The Morgan fingerprint density at radius 1 is 0.935 bits per heavy atom. The van der Waals surface area contributed by atoms with E-state index in [-0.39, 0.29) is 12.8 Å². The normalized spacial score (nSPS) is 11.3. The molecule has 0 radical (unpaired) electrons. The highest BCUT2D eigenvalue weighted by molar-refractivity contribution is 6.90. The van der Waals surface area contributed by atoms with Crippen molar-refractivity contribution in [3.8, 4) is 0 Å². The Morgan fingerprint density at radius 3 is 1.74 bits per heavy atom. The highest BCUT2D eigenvalue weighted by Crippen LogP contribution is 2.13. The number of carbonyl (C=O) groups excluding carboxylic acids is 1. The minimum absolute atomic E-state index is 0.103. The van der Waals surface area contributed by atoms with E-state index < -0.39 is 23.1 Å². The minimum Gasteiger partial charge on any atom is -0.462 e. The van der Waals surface area contributed by atoms with Crippen LogP contribution in [0.2, 0.25) is 6.04 Å². The van der Waals surface area contributed by atoms with Crippen LogP contribution in [0.1, 0.15) is 13.3 Å². The summed E-state index contributed by atoms with van der Waals surface area (Å²) in [5, 5.41) is 10.4. The second-order valence-electron chi connectivity index (χ2n) is 6.90. The number of aliphatic hydroxyl groups excluding tert-OH is 1. The van der Waals surface area contributed by atoms with E-state index in [0.29, 0.717) is 28.4 Å². The molecule has 2 aromatic rings. The summed E-state index contributed by atoms with van der Waals surface area (Å²) in [5.41, 5.74) is 0.379. The van der Waals surface area contributed by atoms with Crippen molar-refractivity contribution >= 4 is 33.5 Å². The van der Waals surface area contributed by atoms with E-state index in [1.807, 2.05) is 36.4 Å². The molecule has 0 aliphatic carbocycles. The SMILES string of the molecule is C=C(C)C(=O)OCCC[Si](CO)(OC)OC.O[Si](O)(c1ccccc1)c1ccccc1. The predicted molar refractivity (Wildman–Crippen MR) is 124 cm³/mol. The Labute approximate surface area is 186 Å². The maximum atomic E-state index is 11.1. The van der Waals surface area contributed by atoms with Crippen LogP contribution in [0.3, 0.4) is 0 Å². The fourth-order valence-corrected chi connectivity index (χ4v) is 5.96. The average molecular weight is 465 g/mol. The predicted octanol–water partition coefficient (Wildman–Crippen LogP) is 0.990. The van der Waals surface area contributed by atoms with Gasteiger partial charge in [0.25, 0.3) is 0 Å². The van der Waals surface area contributed by atoms with E-state index in [2.05, 4.69) is 6.58 Å². The molecule has 0 amide bonds. The zero-order chi connectivity index (χ0) is 23.3. The largest absolute Gasteiger partial charge is 0.462 e. The fourth-order valence-electron chi connectivity index (χ4n) is 2.63. The first-order valence-electron chi connectivity index (χ1n) is 9.82. The fraction of sp³-hybridized carbons (Fsp3) is 0.318. The summed E-state index contributed by atoms with van der Waals surface area (Å²) in [7, 11) is -2.89. The van der Waals surface area contributed by atoms with Crippen molar-refractivity contribution < 1.29 is 33.1 Å². The van der Waals surface area contributed by atoms with Crippen molar-refractivity contribution in [2.75, 3.05) is 27.1 Å². The Kier molecular flexibility index (Phi) is 11.6. The van der Waals surface area contributed by atoms with Gasteiger partial charge in [-0.15, -0.1) is 0 Å². The minimum atomic E-state index is -3.46. The van der Waals surface area contributed by atoms with Gasteiger partial charge in [-0.1, -0.05) is 67.2 Å². The lowest BCUT2D eigenvalue weighted by molar-refractivity contribution is -0.138. The molecule has 7 nitrogen and oxygen atoms in total. The molecular formula is C22H32O7Si2. The molecule has 0 saturated heterocycles. The lowest BCUT2D eigenvalue weighted by atomic mass is 10.4. The van der Waals surface area contributed by atoms with Crippen LogP contribution >= 0.6 is 0 Å². The summed E-state index contributed by atoms with van der Waals surface area (Å²) in [6, 6.07) is 18.5. The molecule has 3 N–H and O–H groups in total. The maximum Gasteiger partial charge on any atom is 0.401 e. The molecule has 2 aromatic carbocycles. The first-order chi connectivity index (χ1) is 14.7. The first-order valence-corrected chi connectivity index (χ1v) is 13.9. The van der Waals surface area contributed by atoms with E-state index >= 15 is 0 Å². The van der Waals surface area contributed by atoms with E-state index in [1.165, 1.54) is 14.2 Å². The second kappa shape index (κ2) is 13.3. The van der Waals surface area contributed by atoms with Crippen molar-refractivity contribution in [2.24, 2.45) is 0 Å². The first kappa shape index (κ1) is 26.9. The zero-order valence-electron chi connectivity index (χ0n) is 18.3. The lowest BCUT2D eigenvalue weighted by Gasteiger charge is -2.24. The van der Waals surface area contributed by atoms with Gasteiger partial charge in [0.1, 0.15) is 0 Å². The van der Waals surface area contributed by atoms with Gasteiger partial charge in [0.05, 0.1) is 12.8 Å². The zero-order valence-corrected chi connectivity index (χ0v) is 20.3. The molecule has 0 spiro atoms. The molecule has 170 valence electrons. The average Bonchev–Trinajstić information content (AvgIpc) is 2.81. The van der Waals surface area contributed by atoms with E-state index in [4.69, 9.17) is 18.7 Å². The number of aliphatic hydroxyl groups is 1. The Balaban J connectivity index is 0.000000310. The molecule has 0 heterocycles. The van der Waals surface area contributed by atoms with Gasteiger partial charge in [0.15, 0.2) is 0 Å². The van der Waals surface area contributed by atoms with Crippen LogP contribution in [0.5, 0.6) is 0 Å². The Hall–Kier alpha value is -2.12. The second-order valence-corrected chi connectivity index (χ2v) is 12.9. The van der Waals surface area contributed by atoms with Gasteiger partial charge >= 0.3 is 23.1 Å². The van der Waals surface area contributed by atoms with E-state index in [1.54, 1.807) is 31.2 Å². The molecule has 0 atom stereocenters. The van der Waals surface area contributed by atoms with Crippen LogP contribution in [0.15, 0.2) is 72.8 Å². The molecule has 0 aliphatic rings. The number of hydrogen-bond acceptors (Lipinski definition) is 7. The summed E-state index contributed by atoms with van der Waals surface area (Å²) >= 11 is 0. The van der Waals surface area contributed by atoms with Crippen LogP contribution in [0.4, 0.5) is 0 Å². The Bertz CT molecular complexity index is 744. The Morgan fingerprint density at radius 2 is 1.39 bits per heavy atom. The number of hydrogen-bond donors (Lipinski definition) is 3. The van der Waals surface area contributed by atoms with Gasteiger partial charge < -0.3 is 28.3 Å². The summed E-state index contributed by atoms with van der Waals surface area (Å²) < 4.78 is 15.3. The van der Waals surface area contributed by atoms with Gasteiger partial charge in [-0.05, 0) is 29.8 Å². The van der Waals surface area contributed by atoms with Crippen LogP contribution < -0.4 is 10.4 Å². The van der Waals surface area contributed by atoms with Gasteiger partial charge in [-0.3, -0.25) is 0 Å². The molecule has 0 aromatic heterocycles. The number of benzene rings is 2. The van der Waals surface area contributed by atoms with Crippen molar-refractivity contribution in [2.45, 2.75) is 19.4 Å². The monoisotopic (exact) mass is 464 g/mol. The van der Waals surface area contributed by atoms with E-state index in [0.717, 1.165) is 0 Å². The van der Waals surface area contributed by atoms with Crippen LogP contribution in [-0.4, -0.2) is 64.8 Å². The molecular weight excluding hydrogens is 432 g/mol. The smallest absolute Gasteiger partial charge is 0.401 e. The molecule has 31 heavy (non-hydrogen) atoms. The third-order valence-electron chi connectivity index (χ3n) is 4.62. The van der Waals surface area contributed by atoms with Crippen LogP contribution in [-0.2, 0) is 18.4 Å². The van der Waals surface area contributed by atoms with Crippen molar-refractivity contribution in [3.05, 3.63) is 72.8 Å². The topological polar surface area (TPSA) is 105 Å². The number of rotatable bonds is 10. The van der Waals surface area contributed by atoms with Crippen molar-refractivity contribution in [1.82, 2.24) is 0 Å². The van der Waals surface area contributed by atoms with Crippen molar-refractivity contribution in [3.63, 3.8) is 0 Å². The lowest BCUT2D eigenvalue weighted by Crippen LogP contribution is -2.59. The third kappa shape index (κ3) is 8.50. The highest BCUT2D eigenvalue weighted by atomic mass is 28.4. The number of ether oxygens (including phenoxy) is 1. The highest BCUT2D eigenvalue weighted by Gasteiger charge is 2.34. The molecule has 0 aliphatic heterocycles. The van der Waals surface area contributed by atoms with Crippen molar-refractivity contribution in [1.29, 1.82) is 0 Å².